The largest absolute Gasteiger partial charge is 0.480 e. The van der Waals surface area contributed by atoms with Crippen LogP contribution in [0.5, 0.6) is 0 Å². The van der Waals surface area contributed by atoms with Crippen molar-refractivity contribution in [3.63, 3.8) is 0 Å². The van der Waals surface area contributed by atoms with Gasteiger partial charge in [-0.2, -0.15) is 5.10 Å². The second kappa shape index (κ2) is 6.55. The summed E-state index contributed by atoms with van der Waals surface area (Å²) in [6, 6.07) is 9.63. The normalized spacial score (nSPS) is 10.4. The van der Waals surface area contributed by atoms with Crippen molar-refractivity contribution in [3.05, 3.63) is 48.3 Å². The second-order valence-corrected chi connectivity index (χ2v) is 4.36. The summed E-state index contributed by atoms with van der Waals surface area (Å²) in [7, 11) is 0. The molecule has 0 amide bonds. The van der Waals surface area contributed by atoms with Gasteiger partial charge in [0.05, 0.1) is 18.8 Å². The van der Waals surface area contributed by atoms with E-state index in [-0.39, 0.29) is 6.54 Å². The summed E-state index contributed by atoms with van der Waals surface area (Å²) in [6.45, 7) is 0.758. The minimum atomic E-state index is -0.881. The maximum absolute atomic E-state index is 10.8. The first-order chi connectivity index (χ1) is 9.69. The summed E-state index contributed by atoms with van der Waals surface area (Å²) in [5, 5.41) is 13.0. The Hall–Kier alpha value is -2.58. The van der Waals surface area contributed by atoms with E-state index in [1.165, 1.54) is 0 Å². The van der Waals surface area contributed by atoms with Crippen molar-refractivity contribution in [2.24, 2.45) is 0 Å². The number of carboxylic acids is 1. The van der Waals surface area contributed by atoms with E-state index in [0.29, 0.717) is 13.1 Å². The van der Waals surface area contributed by atoms with Crippen molar-refractivity contribution in [3.8, 4) is 18.0 Å². The lowest BCUT2D eigenvalue weighted by molar-refractivity contribution is -0.138. The highest BCUT2D eigenvalue weighted by atomic mass is 16.4. The molecule has 0 radical (unpaired) electrons. The van der Waals surface area contributed by atoms with Gasteiger partial charge in [0, 0.05) is 18.9 Å². The molecule has 0 spiro atoms. The van der Waals surface area contributed by atoms with Gasteiger partial charge in [-0.1, -0.05) is 18.1 Å². The van der Waals surface area contributed by atoms with Gasteiger partial charge >= 0.3 is 5.97 Å². The van der Waals surface area contributed by atoms with Crippen LogP contribution in [0.3, 0.4) is 0 Å². The average Bonchev–Trinajstić information content (AvgIpc) is 2.93. The Bertz CT molecular complexity index is 597. The van der Waals surface area contributed by atoms with Crippen molar-refractivity contribution in [2.75, 3.05) is 13.1 Å². The Labute approximate surface area is 117 Å². The average molecular weight is 269 g/mol. The molecule has 0 aliphatic carbocycles. The zero-order valence-electron chi connectivity index (χ0n) is 10.9. The predicted molar refractivity (Wildman–Crippen MR) is 75.3 cm³/mol. The number of aliphatic carboxylic acids is 1. The molecule has 0 saturated carbocycles. The third-order valence-electron chi connectivity index (χ3n) is 2.79. The molecule has 20 heavy (non-hydrogen) atoms. The molecule has 1 heterocycles. The van der Waals surface area contributed by atoms with Gasteiger partial charge in [-0.25, -0.2) is 4.68 Å². The number of nitrogens with zero attached hydrogens (tertiary/aromatic N) is 3. The number of hydrogen-bond donors (Lipinski definition) is 1. The molecule has 102 valence electrons. The summed E-state index contributed by atoms with van der Waals surface area (Å²) in [5.74, 6) is 1.59. The molecule has 0 aliphatic heterocycles. The summed E-state index contributed by atoms with van der Waals surface area (Å²) in [4.78, 5) is 12.5. The molecular formula is C15H15N3O2. The van der Waals surface area contributed by atoms with Crippen LogP contribution in [0.2, 0.25) is 0 Å². The summed E-state index contributed by atoms with van der Waals surface area (Å²) in [5.41, 5.74) is 1.97. The van der Waals surface area contributed by atoms with Gasteiger partial charge in [0.25, 0.3) is 0 Å². The molecule has 0 aliphatic rings. The highest BCUT2D eigenvalue weighted by molar-refractivity contribution is 5.69. The van der Waals surface area contributed by atoms with Gasteiger partial charge in [-0.05, 0) is 23.8 Å². The summed E-state index contributed by atoms with van der Waals surface area (Å²) in [6.07, 6.45) is 8.83. The van der Waals surface area contributed by atoms with E-state index >= 15 is 0 Å². The molecule has 5 heteroatoms. The molecule has 0 saturated heterocycles. The number of aromatic nitrogens is 2. The predicted octanol–water partition coefficient (Wildman–Crippen LogP) is 1.39. The summed E-state index contributed by atoms with van der Waals surface area (Å²) < 4.78 is 1.76. The molecule has 0 atom stereocenters. The van der Waals surface area contributed by atoms with E-state index in [4.69, 9.17) is 11.5 Å². The lowest BCUT2D eigenvalue weighted by Crippen LogP contribution is -2.29. The fourth-order valence-corrected chi connectivity index (χ4v) is 1.92. The van der Waals surface area contributed by atoms with Gasteiger partial charge in [0.1, 0.15) is 0 Å². The lowest BCUT2D eigenvalue weighted by Gasteiger charge is -2.17. The van der Waals surface area contributed by atoms with E-state index in [9.17, 15) is 4.79 Å². The zero-order chi connectivity index (χ0) is 14.4. The molecule has 1 aromatic carbocycles. The molecule has 1 aromatic heterocycles. The van der Waals surface area contributed by atoms with Crippen molar-refractivity contribution >= 4 is 5.97 Å². The fourth-order valence-electron chi connectivity index (χ4n) is 1.92. The minimum absolute atomic E-state index is 0.0644. The van der Waals surface area contributed by atoms with Gasteiger partial charge in [0.2, 0.25) is 0 Å². The Morgan fingerprint density at radius 2 is 2.15 bits per heavy atom. The smallest absolute Gasteiger partial charge is 0.317 e. The van der Waals surface area contributed by atoms with Crippen LogP contribution in [-0.4, -0.2) is 38.8 Å². The minimum Gasteiger partial charge on any atom is -0.480 e. The number of hydrogen-bond acceptors (Lipinski definition) is 3. The van der Waals surface area contributed by atoms with Gasteiger partial charge in [-0.3, -0.25) is 9.69 Å². The Balaban J connectivity index is 2.05. The van der Waals surface area contributed by atoms with Gasteiger partial charge < -0.3 is 5.11 Å². The number of benzene rings is 1. The SMILES string of the molecule is C#CCN(CC(=O)O)Cc1ccc(-n2cccn2)cc1. The number of carbonyl (C=O) groups is 1. The van der Waals surface area contributed by atoms with Crippen LogP contribution >= 0.6 is 0 Å². The van der Waals surface area contributed by atoms with Gasteiger partial charge in [0.15, 0.2) is 0 Å². The maximum atomic E-state index is 10.8. The van der Waals surface area contributed by atoms with Crippen LogP contribution in [0.4, 0.5) is 0 Å². The summed E-state index contributed by atoms with van der Waals surface area (Å²) >= 11 is 0. The zero-order valence-corrected chi connectivity index (χ0v) is 10.9. The first-order valence-corrected chi connectivity index (χ1v) is 6.15. The molecule has 2 aromatic rings. The molecule has 0 fully saturated rings. The van der Waals surface area contributed by atoms with Crippen molar-refractivity contribution in [1.82, 2.24) is 14.7 Å². The van der Waals surface area contributed by atoms with Crippen LogP contribution in [-0.2, 0) is 11.3 Å². The fraction of sp³-hybridized carbons (Fsp3) is 0.200. The second-order valence-electron chi connectivity index (χ2n) is 4.36. The molecule has 0 unspecified atom stereocenters. The molecule has 0 bridgehead atoms. The highest BCUT2D eigenvalue weighted by Gasteiger charge is 2.09. The van der Waals surface area contributed by atoms with Crippen molar-refractivity contribution in [1.29, 1.82) is 0 Å². The van der Waals surface area contributed by atoms with Crippen molar-refractivity contribution < 1.29 is 9.90 Å². The Morgan fingerprint density at radius 3 is 2.70 bits per heavy atom. The molecular weight excluding hydrogens is 254 g/mol. The Kier molecular flexibility index (Phi) is 4.53. The number of carboxylic acid groups (broad SMARTS) is 1. The van der Waals surface area contributed by atoms with E-state index in [2.05, 4.69) is 11.0 Å². The third-order valence-corrected chi connectivity index (χ3v) is 2.79. The number of rotatable bonds is 6. The van der Waals surface area contributed by atoms with Crippen LogP contribution < -0.4 is 0 Å². The first-order valence-electron chi connectivity index (χ1n) is 6.15. The van der Waals surface area contributed by atoms with Crippen LogP contribution in [0, 0.1) is 12.3 Å². The van der Waals surface area contributed by atoms with Crippen molar-refractivity contribution in [2.45, 2.75) is 6.54 Å². The monoisotopic (exact) mass is 269 g/mol. The van der Waals surface area contributed by atoms with Crippen LogP contribution in [0.25, 0.3) is 5.69 Å². The first kappa shape index (κ1) is 13.8. The number of terminal acetylenes is 1. The van der Waals surface area contributed by atoms with Crippen LogP contribution in [0.1, 0.15) is 5.56 Å². The standard InChI is InChI=1S/C15H15N3O2/c1-2-9-17(12-15(19)20)11-13-4-6-14(7-5-13)18-10-3-8-16-18/h1,3-8,10H,9,11-12H2,(H,19,20). The maximum Gasteiger partial charge on any atom is 0.317 e. The molecule has 1 N–H and O–H groups in total. The van der Waals surface area contributed by atoms with E-state index in [1.54, 1.807) is 15.8 Å². The molecule has 5 nitrogen and oxygen atoms in total. The van der Waals surface area contributed by atoms with E-state index in [1.807, 2.05) is 36.5 Å². The van der Waals surface area contributed by atoms with E-state index < -0.39 is 5.97 Å². The lowest BCUT2D eigenvalue weighted by atomic mass is 10.2. The Morgan fingerprint density at radius 1 is 1.40 bits per heavy atom. The third kappa shape index (κ3) is 3.70. The van der Waals surface area contributed by atoms with Crippen LogP contribution in [0.15, 0.2) is 42.7 Å². The topological polar surface area (TPSA) is 58.4 Å². The van der Waals surface area contributed by atoms with E-state index in [0.717, 1.165) is 11.3 Å². The molecule has 2 rings (SSSR count). The van der Waals surface area contributed by atoms with Gasteiger partial charge in [-0.15, -0.1) is 6.42 Å². The quantitative estimate of drug-likeness (QED) is 0.805. The highest BCUT2D eigenvalue weighted by Crippen LogP contribution is 2.10.